The minimum absolute atomic E-state index is 0.562. The quantitative estimate of drug-likeness (QED) is 0.514. The average Bonchev–Trinajstić information content (AvgIpc) is 3.24. The summed E-state index contributed by atoms with van der Waals surface area (Å²) in [5, 5.41) is 6.90. The third-order valence-electron chi connectivity index (χ3n) is 5.46. The molecule has 1 aliphatic heterocycles. The molecule has 3 rings (SSSR count). The van der Waals surface area contributed by atoms with Gasteiger partial charge < -0.3 is 25.0 Å². The summed E-state index contributed by atoms with van der Waals surface area (Å²) in [5.41, 5.74) is 3.51. The normalized spacial score (nSPS) is 16.5. The number of methoxy groups -OCH3 is 1. The van der Waals surface area contributed by atoms with Gasteiger partial charge in [0.05, 0.1) is 19.4 Å². The fourth-order valence-corrected chi connectivity index (χ4v) is 3.85. The van der Waals surface area contributed by atoms with Crippen LogP contribution >= 0.6 is 0 Å². The molecule has 0 spiro atoms. The average molecular weight is 411 g/mol. The first-order valence-corrected chi connectivity index (χ1v) is 10.7. The summed E-state index contributed by atoms with van der Waals surface area (Å²) in [7, 11) is 3.54. The van der Waals surface area contributed by atoms with Gasteiger partial charge in [0.1, 0.15) is 11.5 Å². The van der Waals surface area contributed by atoms with Gasteiger partial charge in [-0.3, -0.25) is 4.99 Å². The zero-order chi connectivity index (χ0) is 21.3. The van der Waals surface area contributed by atoms with E-state index in [2.05, 4.69) is 57.8 Å². The summed E-state index contributed by atoms with van der Waals surface area (Å²) in [6, 6.07) is 14.5. The predicted octanol–water partition coefficient (Wildman–Crippen LogP) is 3.59. The van der Waals surface area contributed by atoms with Gasteiger partial charge in [-0.2, -0.15) is 0 Å². The van der Waals surface area contributed by atoms with E-state index in [-0.39, 0.29) is 0 Å². The Morgan fingerprint density at radius 3 is 2.77 bits per heavy atom. The Kier molecular flexibility index (Phi) is 7.82. The van der Waals surface area contributed by atoms with E-state index in [1.807, 2.05) is 26.1 Å². The standard InChI is InChI=1S/C24H34N4O2/c1-5-30-23-14-18(2)10-11-20(23)16-27-24(25-3)26-15-19-12-13-28(17-19)21-8-6-7-9-22(21)29-4/h6-11,14,19H,5,12-13,15-17H2,1-4H3,(H2,25,26,27). The fraction of sp³-hybridized carbons (Fsp3) is 0.458. The maximum absolute atomic E-state index is 5.78. The fourth-order valence-electron chi connectivity index (χ4n) is 3.85. The molecular formula is C24H34N4O2. The highest BCUT2D eigenvalue weighted by molar-refractivity contribution is 5.79. The molecule has 2 N–H and O–H groups in total. The van der Waals surface area contributed by atoms with E-state index in [4.69, 9.17) is 9.47 Å². The van der Waals surface area contributed by atoms with E-state index >= 15 is 0 Å². The van der Waals surface area contributed by atoms with Gasteiger partial charge in [-0.05, 0) is 49.9 Å². The van der Waals surface area contributed by atoms with Crippen molar-refractivity contribution >= 4 is 11.6 Å². The van der Waals surface area contributed by atoms with E-state index < -0.39 is 0 Å². The molecule has 1 fully saturated rings. The first kappa shape index (κ1) is 21.8. The third kappa shape index (κ3) is 5.59. The van der Waals surface area contributed by atoms with E-state index in [0.717, 1.165) is 49.1 Å². The van der Waals surface area contributed by atoms with E-state index in [1.54, 1.807) is 7.11 Å². The lowest BCUT2D eigenvalue weighted by atomic mass is 10.1. The lowest BCUT2D eigenvalue weighted by Crippen LogP contribution is -2.40. The molecule has 2 aromatic carbocycles. The van der Waals surface area contributed by atoms with Crippen LogP contribution in [-0.4, -0.2) is 46.4 Å². The summed E-state index contributed by atoms with van der Waals surface area (Å²) in [5.74, 6) is 3.25. The number of nitrogens with zero attached hydrogens (tertiary/aromatic N) is 2. The number of anilines is 1. The van der Waals surface area contributed by atoms with Gasteiger partial charge in [-0.1, -0.05) is 24.3 Å². The zero-order valence-corrected chi connectivity index (χ0v) is 18.6. The topological polar surface area (TPSA) is 58.1 Å². The zero-order valence-electron chi connectivity index (χ0n) is 18.6. The van der Waals surface area contributed by atoms with Crippen LogP contribution < -0.4 is 25.0 Å². The molecule has 1 saturated heterocycles. The van der Waals surface area contributed by atoms with E-state index in [0.29, 0.717) is 19.1 Å². The van der Waals surface area contributed by atoms with Crippen LogP contribution in [-0.2, 0) is 6.54 Å². The van der Waals surface area contributed by atoms with E-state index in [1.165, 1.54) is 11.3 Å². The van der Waals surface area contributed by atoms with Crippen molar-refractivity contribution in [3.05, 3.63) is 53.6 Å². The van der Waals surface area contributed by atoms with Crippen LogP contribution in [0.15, 0.2) is 47.5 Å². The maximum atomic E-state index is 5.78. The number of aryl methyl sites for hydroxylation is 1. The number of nitrogens with one attached hydrogen (secondary N) is 2. The van der Waals surface area contributed by atoms with Gasteiger partial charge in [0.2, 0.25) is 0 Å². The number of guanidine groups is 1. The molecule has 1 unspecified atom stereocenters. The van der Waals surface area contributed by atoms with Crippen LogP contribution in [0, 0.1) is 12.8 Å². The highest BCUT2D eigenvalue weighted by Gasteiger charge is 2.24. The molecule has 1 aliphatic rings. The van der Waals surface area contributed by atoms with Crippen molar-refractivity contribution in [1.82, 2.24) is 10.6 Å². The van der Waals surface area contributed by atoms with Crippen LogP contribution in [0.2, 0.25) is 0 Å². The van der Waals surface area contributed by atoms with E-state index in [9.17, 15) is 0 Å². The number of hydrogen-bond acceptors (Lipinski definition) is 4. The van der Waals surface area contributed by atoms with Gasteiger partial charge in [-0.15, -0.1) is 0 Å². The summed E-state index contributed by atoms with van der Waals surface area (Å²) in [6.45, 7) is 8.36. The SMILES string of the molecule is CCOc1cc(C)ccc1CNC(=NC)NCC1CCN(c2ccccc2OC)C1. The molecule has 6 nitrogen and oxygen atoms in total. The van der Waals surface area contributed by atoms with Crippen molar-refractivity contribution in [1.29, 1.82) is 0 Å². The lowest BCUT2D eigenvalue weighted by Gasteiger charge is -2.21. The predicted molar refractivity (Wildman–Crippen MR) is 124 cm³/mol. The molecule has 2 aromatic rings. The number of para-hydroxylation sites is 2. The first-order valence-electron chi connectivity index (χ1n) is 10.7. The molecule has 0 radical (unpaired) electrons. The minimum Gasteiger partial charge on any atom is -0.495 e. The Morgan fingerprint density at radius 1 is 1.17 bits per heavy atom. The van der Waals surface area contributed by atoms with Crippen LogP contribution in [0.3, 0.4) is 0 Å². The highest BCUT2D eigenvalue weighted by Crippen LogP contribution is 2.31. The Balaban J connectivity index is 1.51. The van der Waals surface area contributed by atoms with Gasteiger partial charge in [0, 0.05) is 38.8 Å². The lowest BCUT2D eigenvalue weighted by molar-refractivity contribution is 0.336. The van der Waals surface area contributed by atoms with Crippen molar-refractivity contribution in [2.75, 3.05) is 45.3 Å². The van der Waals surface area contributed by atoms with Crippen molar-refractivity contribution in [3.8, 4) is 11.5 Å². The van der Waals surface area contributed by atoms with Crippen molar-refractivity contribution in [2.45, 2.75) is 26.8 Å². The van der Waals surface area contributed by atoms with Crippen LogP contribution in [0.25, 0.3) is 0 Å². The van der Waals surface area contributed by atoms with Gasteiger partial charge in [0.15, 0.2) is 5.96 Å². The van der Waals surface area contributed by atoms with Crippen LogP contribution in [0.1, 0.15) is 24.5 Å². The monoisotopic (exact) mass is 410 g/mol. The smallest absolute Gasteiger partial charge is 0.191 e. The largest absolute Gasteiger partial charge is 0.495 e. The Bertz CT molecular complexity index is 853. The molecule has 0 saturated carbocycles. The molecule has 0 bridgehead atoms. The molecule has 30 heavy (non-hydrogen) atoms. The molecule has 1 heterocycles. The number of benzene rings is 2. The molecule has 0 amide bonds. The summed E-state index contributed by atoms with van der Waals surface area (Å²) in [4.78, 5) is 6.79. The van der Waals surface area contributed by atoms with Crippen molar-refractivity contribution in [3.63, 3.8) is 0 Å². The number of hydrogen-bond donors (Lipinski definition) is 2. The summed E-state index contributed by atoms with van der Waals surface area (Å²) < 4.78 is 11.3. The third-order valence-corrected chi connectivity index (χ3v) is 5.46. The second-order valence-corrected chi connectivity index (χ2v) is 7.62. The number of aliphatic imine (C=N–C) groups is 1. The van der Waals surface area contributed by atoms with Crippen molar-refractivity contribution < 1.29 is 9.47 Å². The minimum atomic E-state index is 0.562. The molecule has 0 aromatic heterocycles. The Labute approximate surface area is 180 Å². The summed E-state index contributed by atoms with van der Waals surface area (Å²) >= 11 is 0. The van der Waals surface area contributed by atoms with Crippen LogP contribution in [0.4, 0.5) is 5.69 Å². The Hall–Kier alpha value is -2.89. The number of ether oxygens (including phenoxy) is 2. The Morgan fingerprint density at radius 2 is 2.00 bits per heavy atom. The molecule has 1 atom stereocenters. The van der Waals surface area contributed by atoms with Gasteiger partial charge >= 0.3 is 0 Å². The first-order chi connectivity index (χ1) is 14.6. The second-order valence-electron chi connectivity index (χ2n) is 7.62. The van der Waals surface area contributed by atoms with Gasteiger partial charge in [-0.25, -0.2) is 0 Å². The summed E-state index contributed by atoms with van der Waals surface area (Å²) in [6.07, 6.45) is 1.15. The van der Waals surface area contributed by atoms with Crippen molar-refractivity contribution in [2.24, 2.45) is 10.9 Å². The highest BCUT2D eigenvalue weighted by atomic mass is 16.5. The maximum Gasteiger partial charge on any atom is 0.191 e. The second kappa shape index (κ2) is 10.8. The molecular weight excluding hydrogens is 376 g/mol. The molecule has 162 valence electrons. The van der Waals surface area contributed by atoms with Crippen LogP contribution in [0.5, 0.6) is 11.5 Å². The number of rotatable bonds is 8. The molecule has 0 aliphatic carbocycles. The molecule has 6 heteroatoms. The van der Waals surface area contributed by atoms with Gasteiger partial charge in [0.25, 0.3) is 0 Å².